The van der Waals surface area contributed by atoms with Crippen molar-refractivity contribution in [2.45, 2.75) is 74.3 Å². The van der Waals surface area contributed by atoms with Crippen LogP contribution < -0.4 is 0 Å². The van der Waals surface area contributed by atoms with Gasteiger partial charge < -0.3 is 0 Å². The Morgan fingerprint density at radius 1 is 0.824 bits per heavy atom. The lowest BCUT2D eigenvalue weighted by molar-refractivity contribution is 0.410. The molecule has 1 N–H and O–H groups in total. The topological polar surface area (TPSA) is 70.3 Å². The van der Waals surface area contributed by atoms with E-state index < -0.39 is 9.84 Å². The van der Waals surface area contributed by atoms with Gasteiger partial charge in [-0.3, -0.25) is 0 Å². The van der Waals surface area contributed by atoms with Gasteiger partial charge >= 0.3 is 0 Å². The molecule has 4 nitrogen and oxygen atoms in total. The molecule has 98 valence electrons. The first kappa shape index (κ1) is 13.0. The molecule has 17 heavy (non-hydrogen) atoms. The van der Waals surface area contributed by atoms with Crippen molar-refractivity contribution in [2.75, 3.05) is 0 Å². The SMILES string of the molecule is N=NC1CCC(S(=O)(=O)C2CCCCC2)CC1. The molecular formula is C12H22N2O2S. The van der Waals surface area contributed by atoms with Gasteiger partial charge in [0.05, 0.1) is 16.5 Å². The maximum absolute atomic E-state index is 12.5. The molecule has 0 aromatic heterocycles. The second kappa shape index (κ2) is 5.46. The fourth-order valence-electron chi connectivity index (χ4n) is 3.17. The van der Waals surface area contributed by atoms with Crippen LogP contribution in [0.1, 0.15) is 57.8 Å². The largest absolute Gasteiger partial charge is 0.228 e. The fraction of sp³-hybridized carbons (Fsp3) is 1.00. The molecule has 0 spiro atoms. The number of hydrogen-bond donors (Lipinski definition) is 1. The maximum Gasteiger partial charge on any atom is 0.156 e. The summed E-state index contributed by atoms with van der Waals surface area (Å²) in [5, 5.41) is 3.30. The quantitative estimate of drug-likeness (QED) is 0.790. The van der Waals surface area contributed by atoms with E-state index in [0.29, 0.717) is 12.8 Å². The van der Waals surface area contributed by atoms with Gasteiger partial charge in [-0.05, 0) is 38.5 Å². The van der Waals surface area contributed by atoms with Gasteiger partial charge in [0, 0.05) is 0 Å². The van der Waals surface area contributed by atoms with E-state index in [1.807, 2.05) is 0 Å². The normalized spacial score (nSPS) is 32.2. The van der Waals surface area contributed by atoms with E-state index >= 15 is 0 Å². The molecule has 0 aliphatic heterocycles. The predicted molar refractivity (Wildman–Crippen MR) is 67.0 cm³/mol. The van der Waals surface area contributed by atoms with Gasteiger partial charge in [0.15, 0.2) is 9.84 Å². The summed E-state index contributed by atoms with van der Waals surface area (Å²) < 4.78 is 24.9. The molecule has 0 heterocycles. The molecule has 0 aromatic rings. The third-order valence-corrected chi connectivity index (χ3v) is 7.11. The van der Waals surface area contributed by atoms with Crippen LogP contribution >= 0.6 is 0 Å². The molecule has 0 unspecified atom stereocenters. The average molecular weight is 258 g/mol. The summed E-state index contributed by atoms with van der Waals surface area (Å²) in [4.78, 5) is 0. The van der Waals surface area contributed by atoms with Crippen LogP contribution in [-0.2, 0) is 9.84 Å². The van der Waals surface area contributed by atoms with E-state index in [9.17, 15) is 8.42 Å². The zero-order valence-corrected chi connectivity index (χ0v) is 11.1. The molecule has 2 rings (SSSR count). The molecule has 0 atom stereocenters. The minimum atomic E-state index is -2.92. The second-order valence-electron chi connectivity index (χ2n) is 5.41. The summed E-state index contributed by atoms with van der Waals surface area (Å²) in [6, 6.07) is 0.0767. The van der Waals surface area contributed by atoms with Crippen LogP contribution in [0, 0.1) is 5.53 Å². The monoisotopic (exact) mass is 258 g/mol. The summed E-state index contributed by atoms with van der Waals surface area (Å²) in [5.74, 6) is 0. The highest BCUT2D eigenvalue weighted by molar-refractivity contribution is 7.92. The molecular weight excluding hydrogens is 236 g/mol. The number of nitrogens with zero attached hydrogens (tertiary/aromatic N) is 1. The summed E-state index contributed by atoms with van der Waals surface area (Å²) >= 11 is 0. The highest BCUT2D eigenvalue weighted by Crippen LogP contribution is 2.33. The van der Waals surface area contributed by atoms with Crippen molar-refractivity contribution >= 4 is 9.84 Å². The number of rotatable bonds is 3. The Morgan fingerprint density at radius 3 is 1.88 bits per heavy atom. The highest BCUT2D eigenvalue weighted by Gasteiger charge is 2.36. The van der Waals surface area contributed by atoms with Crippen LogP contribution in [0.15, 0.2) is 5.11 Å². The van der Waals surface area contributed by atoms with Crippen molar-refractivity contribution in [3.8, 4) is 0 Å². The maximum atomic E-state index is 12.5. The highest BCUT2D eigenvalue weighted by atomic mass is 32.2. The van der Waals surface area contributed by atoms with Crippen LogP contribution in [-0.4, -0.2) is 25.0 Å². The van der Waals surface area contributed by atoms with Crippen molar-refractivity contribution in [3.05, 3.63) is 0 Å². The Morgan fingerprint density at radius 2 is 1.35 bits per heavy atom. The number of sulfone groups is 1. The van der Waals surface area contributed by atoms with E-state index in [4.69, 9.17) is 5.53 Å². The summed E-state index contributed by atoms with van der Waals surface area (Å²) in [6.45, 7) is 0. The van der Waals surface area contributed by atoms with Gasteiger partial charge in [-0.25, -0.2) is 13.9 Å². The Kier molecular flexibility index (Phi) is 4.17. The van der Waals surface area contributed by atoms with Crippen molar-refractivity contribution in [1.82, 2.24) is 0 Å². The van der Waals surface area contributed by atoms with Crippen LogP contribution in [0.5, 0.6) is 0 Å². The second-order valence-corrected chi connectivity index (χ2v) is 7.92. The van der Waals surface area contributed by atoms with Crippen LogP contribution in [0.3, 0.4) is 0 Å². The number of nitrogens with one attached hydrogen (secondary N) is 1. The molecule has 5 heteroatoms. The van der Waals surface area contributed by atoms with Crippen molar-refractivity contribution in [1.29, 1.82) is 5.53 Å². The van der Waals surface area contributed by atoms with Crippen molar-refractivity contribution in [2.24, 2.45) is 5.11 Å². The van der Waals surface area contributed by atoms with Gasteiger partial charge in [-0.1, -0.05) is 19.3 Å². The van der Waals surface area contributed by atoms with Gasteiger partial charge in [-0.15, -0.1) is 0 Å². The Balaban J connectivity index is 1.98. The number of hydrogen-bond acceptors (Lipinski definition) is 4. The molecule has 0 saturated heterocycles. The Bertz CT molecular complexity index is 353. The lowest BCUT2D eigenvalue weighted by Crippen LogP contribution is -2.36. The van der Waals surface area contributed by atoms with Crippen LogP contribution in [0.25, 0.3) is 0 Å². The summed E-state index contributed by atoms with van der Waals surface area (Å²) in [6.07, 6.45) is 8.05. The van der Waals surface area contributed by atoms with E-state index in [0.717, 1.165) is 38.5 Å². The van der Waals surface area contributed by atoms with E-state index in [1.54, 1.807) is 0 Å². The summed E-state index contributed by atoms with van der Waals surface area (Å²) in [5.41, 5.74) is 6.99. The molecule has 2 aliphatic rings. The van der Waals surface area contributed by atoms with Crippen LogP contribution in [0.4, 0.5) is 0 Å². The predicted octanol–water partition coefficient (Wildman–Crippen LogP) is 3.08. The van der Waals surface area contributed by atoms with Crippen molar-refractivity contribution in [3.63, 3.8) is 0 Å². The fourth-order valence-corrected chi connectivity index (χ4v) is 5.63. The van der Waals surface area contributed by atoms with Gasteiger partial charge in [0.2, 0.25) is 0 Å². The Hall–Kier alpha value is -0.450. The van der Waals surface area contributed by atoms with E-state index in [2.05, 4.69) is 5.11 Å². The zero-order valence-electron chi connectivity index (χ0n) is 10.3. The summed E-state index contributed by atoms with van der Waals surface area (Å²) in [7, 11) is -2.92. The lowest BCUT2D eigenvalue weighted by Gasteiger charge is -2.30. The minimum Gasteiger partial charge on any atom is -0.228 e. The smallest absolute Gasteiger partial charge is 0.156 e. The molecule has 0 amide bonds. The van der Waals surface area contributed by atoms with Crippen molar-refractivity contribution < 1.29 is 8.42 Å². The molecule has 0 aromatic carbocycles. The first-order valence-electron chi connectivity index (χ1n) is 6.74. The minimum absolute atomic E-state index is 0.0767. The van der Waals surface area contributed by atoms with E-state index in [-0.39, 0.29) is 16.5 Å². The molecule has 2 fully saturated rings. The molecule has 0 radical (unpaired) electrons. The first-order chi connectivity index (χ1) is 8.14. The van der Waals surface area contributed by atoms with Gasteiger partial charge in [-0.2, -0.15) is 5.11 Å². The standard InChI is InChI=1S/C12H22N2O2S/c13-14-10-6-8-12(9-7-10)17(15,16)11-4-2-1-3-5-11/h10-13H,1-9H2. The van der Waals surface area contributed by atoms with E-state index in [1.165, 1.54) is 6.42 Å². The Labute approximate surface area is 104 Å². The first-order valence-corrected chi connectivity index (χ1v) is 8.35. The van der Waals surface area contributed by atoms with Crippen LogP contribution in [0.2, 0.25) is 0 Å². The molecule has 2 aliphatic carbocycles. The third-order valence-electron chi connectivity index (χ3n) is 4.31. The molecule has 0 bridgehead atoms. The average Bonchev–Trinajstić information content (AvgIpc) is 2.40. The zero-order chi connectivity index (χ0) is 12.3. The van der Waals surface area contributed by atoms with Gasteiger partial charge in [0.1, 0.15) is 0 Å². The van der Waals surface area contributed by atoms with Gasteiger partial charge in [0.25, 0.3) is 0 Å². The third kappa shape index (κ3) is 2.87. The lowest BCUT2D eigenvalue weighted by atomic mass is 9.96. The molecule has 2 saturated carbocycles.